The average molecular weight is 368 g/mol. The minimum Gasteiger partial charge on any atom is -0.383 e. The van der Waals surface area contributed by atoms with Gasteiger partial charge < -0.3 is 9.64 Å². The van der Waals surface area contributed by atoms with Crippen molar-refractivity contribution in [3.63, 3.8) is 0 Å². The van der Waals surface area contributed by atoms with Crippen LogP contribution in [0.3, 0.4) is 0 Å². The zero-order chi connectivity index (χ0) is 18.0. The van der Waals surface area contributed by atoms with Crippen LogP contribution in [0.5, 0.6) is 0 Å². The first kappa shape index (κ1) is 18.6. The van der Waals surface area contributed by atoms with Crippen molar-refractivity contribution < 1.29 is 13.2 Å². The van der Waals surface area contributed by atoms with Crippen molar-refractivity contribution in [2.75, 3.05) is 51.3 Å². The van der Waals surface area contributed by atoms with E-state index in [4.69, 9.17) is 4.74 Å². The molecular weight excluding hydrogens is 338 g/mol. The summed E-state index contributed by atoms with van der Waals surface area (Å²) < 4.78 is 34.5. The van der Waals surface area contributed by atoms with Gasteiger partial charge >= 0.3 is 0 Å². The van der Waals surface area contributed by atoms with E-state index in [0.29, 0.717) is 26.2 Å². The topological polar surface area (TPSA) is 53.1 Å². The number of nitrogens with zero attached hydrogens (tertiary/aromatic N) is 3. The molecule has 0 unspecified atom stereocenters. The van der Waals surface area contributed by atoms with Crippen molar-refractivity contribution in [2.24, 2.45) is 0 Å². The van der Waals surface area contributed by atoms with E-state index in [1.54, 1.807) is 15.7 Å². The van der Waals surface area contributed by atoms with Crippen LogP contribution < -0.4 is 4.90 Å². The predicted octanol–water partition coefficient (Wildman–Crippen LogP) is 1.78. The van der Waals surface area contributed by atoms with Crippen molar-refractivity contribution in [3.05, 3.63) is 29.3 Å². The number of aryl methyl sites for hydroxylation is 2. The lowest BCUT2D eigenvalue weighted by molar-refractivity contribution is 0.145. The molecule has 0 radical (unpaired) electrons. The molecule has 2 fully saturated rings. The minimum atomic E-state index is -3.40. The Bertz CT molecular complexity index is 679. The highest BCUT2D eigenvalue weighted by atomic mass is 32.2. The molecule has 2 heterocycles. The second-order valence-electron chi connectivity index (χ2n) is 7.10. The lowest BCUT2D eigenvalue weighted by Gasteiger charge is -2.38. The third-order valence-corrected chi connectivity index (χ3v) is 7.21. The lowest BCUT2D eigenvalue weighted by Crippen LogP contribution is -2.54. The highest BCUT2D eigenvalue weighted by Gasteiger charge is 2.39. The molecule has 0 amide bonds. The van der Waals surface area contributed by atoms with Gasteiger partial charge in [0, 0.05) is 51.6 Å². The Morgan fingerprint density at radius 3 is 2.28 bits per heavy atom. The van der Waals surface area contributed by atoms with Crippen LogP contribution in [-0.4, -0.2) is 69.5 Å². The van der Waals surface area contributed by atoms with Gasteiger partial charge in [0.2, 0.25) is 0 Å². The number of hydrogen-bond donors (Lipinski definition) is 0. The van der Waals surface area contributed by atoms with Crippen LogP contribution in [0.25, 0.3) is 0 Å². The Hall–Kier alpha value is -1.15. The number of methoxy groups -OCH3 is 1. The lowest BCUT2D eigenvalue weighted by atomic mass is 10.1. The van der Waals surface area contributed by atoms with Crippen LogP contribution in [0.1, 0.15) is 24.0 Å². The molecule has 1 aromatic carbocycles. The van der Waals surface area contributed by atoms with Crippen LogP contribution in [-0.2, 0) is 14.9 Å². The Balaban J connectivity index is 1.67. The molecule has 0 aliphatic carbocycles. The Morgan fingerprint density at radius 1 is 1.04 bits per heavy atom. The largest absolute Gasteiger partial charge is 0.383 e. The summed E-state index contributed by atoms with van der Waals surface area (Å²) in [7, 11) is -1.76. The summed E-state index contributed by atoms with van der Waals surface area (Å²) in [5.74, 6) is 0. The summed E-state index contributed by atoms with van der Waals surface area (Å²) in [6, 6.07) is 6.49. The van der Waals surface area contributed by atoms with E-state index in [-0.39, 0.29) is 6.04 Å². The fourth-order valence-corrected chi connectivity index (χ4v) is 5.75. The Morgan fingerprint density at radius 2 is 1.68 bits per heavy atom. The molecule has 140 valence electrons. The maximum atomic E-state index is 13.0. The first-order valence-electron chi connectivity index (χ1n) is 9.01. The highest BCUT2D eigenvalue weighted by Crippen LogP contribution is 2.26. The second kappa shape index (κ2) is 7.61. The number of piperazine rings is 1. The van der Waals surface area contributed by atoms with Gasteiger partial charge in [0.1, 0.15) is 0 Å². The smallest absolute Gasteiger partial charge is 0.282 e. The summed E-state index contributed by atoms with van der Waals surface area (Å²) in [5, 5.41) is 0. The molecular formula is C18H29N3O3S. The highest BCUT2D eigenvalue weighted by molar-refractivity contribution is 7.86. The fourth-order valence-electron chi connectivity index (χ4n) is 3.93. The number of ether oxygens (including phenoxy) is 1. The van der Waals surface area contributed by atoms with Gasteiger partial charge in [-0.25, -0.2) is 0 Å². The van der Waals surface area contributed by atoms with Gasteiger partial charge in [-0.15, -0.1) is 0 Å². The summed E-state index contributed by atoms with van der Waals surface area (Å²) >= 11 is 0. The van der Waals surface area contributed by atoms with E-state index in [0.717, 1.165) is 25.9 Å². The normalized spacial score (nSPS) is 23.3. The molecule has 7 heteroatoms. The molecule has 3 rings (SSSR count). The zero-order valence-corrected chi connectivity index (χ0v) is 16.3. The van der Waals surface area contributed by atoms with Gasteiger partial charge in [-0.3, -0.25) is 0 Å². The zero-order valence-electron chi connectivity index (χ0n) is 15.4. The first-order chi connectivity index (χ1) is 11.9. The van der Waals surface area contributed by atoms with Gasteiger partial charge in [-0.1, -0.05) is 6.07 Å². The number of rotatable bonds is 5. The standard InChI is InChI=1S/C18H29N3O3S/c1-15-11-16(2)13-18(12-15)19-7-9-20(10-8-19)25(22,23)21-6-4-5-17(21)14-24-3/h11-13,17H,4-10,14H2,1-3H3/t17-/m1/s1. The van der Waals surface area contributed by atoms with E-state index in [1.807, 2.05) is 0 Å². The van der Waals surface area contributed by atoms with Gasteiger partial charge in [0.25, 0.3) is 10.2 Å². The van der Waals surface area contributed by atoms with Crippen LogP contribution in [0.15, 0.2) is 18.2 Å². The van der Waals surface area contributed by atoms with Crippen molar-refractivity contribution >= 4 is 15.9 Å². The Kier molecular flexibility index (Phi) is 5.68. The van der Waals surface area contributed by atoms with Crippen LogP contribution >= 0.6 is 0 Å². The van der Waals surface area contributed by atoms with Gasteiger partial charge in [0.05, 0.1) is 6.61 Å². The quantitative estimate of drug-likeness (QED) is 0.796. The molecule has 2 aliphatic heterocycles. The predicted molar refractivity (Wildman–Crippen MR) is 100 cm³/mol. The summed E-state index contributed by atoms with van der Waals surface area (Å²) in [6.07, 6.45) is 1.80. The second-order valence-corrected chi connectivity index (χ2v) is 8.98. The summed E-state index contributed by atoms with van der Waals surface area (Å²) in [5.41, 5.74) is 3.67. The van der Waals surface area contributed by atoms with Crippen molar-refractivity contribution in [1.29, 1.82) is 0 Å². The number of anilines is 1. The number of hydrogen-bond acceptors (Lipinski definition) is 4. The molecule has 1 aromatic rings. The van der Waals surface area contributed by atoms with E-state index in [1.165, 1.54) is 16.8 Å². The molecule has 1 atom stereocenters. The van der Waals surface area contributed by atoms with Crippen molar-refractivity contribution in [1.82, 2.24) is 8.61 Å². The number of benzene rings is 1. The van der Waals surface area contributed by atoms with E-state index in [2.05, 4.69) is 36.9 Å². The monoisotopic (exact) mass is 367 g/mol. The van der Waals surface area contributed by atoms with E-state index >= 15 is 0 Å². The fraction of sp³-hybridized carbons (Fsp3) is 0.667. The molecule has 0 aromatic heterocycles. The average Bonchev–Trinajstić information content (AvgIpc) is 3.03. The molecule has 0 saturated carbocycles. The summed E-state index contributed by atoms with van der Waals surface area (Å²) in [6.45, 7) is 7.79. The molecule has 6 nitrogen and oxygen atoms in total. The Labute approximate surface area is 151 Å². The maximum Gasteiger partial charge on any atom is 0.282 e. The van der Waals surface area contributed by atoms with E-state index in [9.17, 15) is 8.42 Å². The third-order valence-electron chi connectivity index (χ3n) is 5.12. The SMILES string of the molecule is COC[C@H]1CCCN1S(=O)(=O)N1CCN(c2cc(C)cc(C)c2)CC1. The summed E-state index contributed by atoms with van der Waals surface area (Å²) in [4.78, 5) is 2.28. The van der Waals surface area contributed by atoms with Crippen LogP contribution in [0.4, 0.5) is 5.69 Å². The van der Waals surface area contributed by atoms with Crippen molar-refractivity contribution in [2.45, 2.75) is 32.7 Å². The minimum absolute atomic E-state index is 0.0209. The van der Waals surface area contributed by atoms with Gasteiger partial charge in [-0.05, 0) is 49.9 Å². The van der Waals surface area contributed by atoms with Gasteiger partial charge in [0.15, 0.2) is 0 Å². The molecule has 0 bridgehead atoms. The van der Waals surface area contributed by atoms with Crippen LogP contribution in [0.2, 0.25) is 0 Å². The molecule has 0 spiro atoms. The third kappa shape index (κ3) is 4.00. The van der Waals surface area contributed by atoms with Crippen molar-refractivity contribution in [3.8, 4) is 0 Å². The molecule has 2 aliphatic rings. The maximum absolute atomic E-state index is 13.0. The van der Waals surface area contributed by atoms with Crippen LogP contribution in [0, 0.1) is 13.8 Å². The first-order valence-corrected chi connectivity index (χ1v) is 10.4. The molecule has 25 heavy (non-hydrogen) atoms. The van der Waals surface area contributed by atoms with E-state index < -0.39 is 10.2 Å². The molecule has 0 N–H and O–H groups in total. The van der Waals surface area contributed by atoms with Gasteiger partial charge in [-0.2, -0.15) is 17.0 Å². The molecule has 2 saturated heterocycles.